The fourth-order valence-corrected chi connectivity index (χ4v) is 2.67. The normalized spacial score (nSPS) is 18.5. The zero-order valence-electron chi connectivity index (χ0n) is 12.9. The fourth-order valence-electron chi connectivity index (χ4n) is 2.67. The molecular formula is C16H20N4O2. The van der Waals surface area contributed by atoms with Crippen LogP contribution in [0.25, 0.3) is 0 Å². The van der Waals surface area contributed by atoms with E-state index in [0.29, 0.717) is 25.3 Å². The average molecular weight is 300 g/mol. The van der Waals surface area contributed by atoms with Crippen LogP contribution in [0, 0.1) is 6.92 Å². The van der Waals surface area contributed by atoms with Crippen LogP contribution in [-0.2, 0) is 11.3 Å². The summed E-state index contributed by atoms with van der Waals surface area (Å²) in [5.41, 5.74) is 2.50. The smallest absolute Gasteiger partial charge is 0.257 e. The Morgan fingerprint density at radius 2 is 2.18 bits per heavy atom. The van der Waals surface area contributed by atoms with E-state index in [2.05, 4.69) is 10.1 Å². The van der Waals surface area contributed by atoms with Gasteiger partial charge in [0.1, 0.15) is 6.10 Å². The Labute approximate surface area is 129 Å². The molecule has 3 heterocycles. The lowest BCUT2D eigenvalue weighted by Gasteiger charge is -2.33. The fraction of sp³-hybridized carbons (Fsp3) is 0.438. The number of nitrogens with zero attached hydrogens (tertiary/aromatic N) is 4. The molecule has 1 aliphatic rings. The van der Waals surface area contributed by atoms with Crippen LogP contribution in [0.5, 0.6) is 0 Å². The summed E-state index contributed by atoms with van der Waals surface area (Å²) < 4.78 is 7.59. The van der Waals surface area contributed by atoms with Crippen LogP contribution in [0.2, 0.25) is 0 Å². The maximum atomic E-state index is 12.7. The quantitative estimate of drug-likeness (QED) is 0.867. The molecule has 0 aliphatic carbocycles. The van der Waals surface area contributed by atoms with E-state index in [1.165, 1.54) is 0 Å². The topological polar surface area (TPSA) is 60.2 Å². The molecule has 116 valence electrons. The third-order valence-electron chi connectivity index (χ3n) is 3.93. The number of aromatic nitrogens is 3. The first-order valence-corrected chi connectivity index (χ1v) is 7.54. The first-order valence-electron chi connectivity index (χ1n) is 7.54. The van der Waals surface area contributed by atoms with Crippen LogP contribution >= 0.6 is 0 Å². The van der Waals surface area contributed by atoms with Crippen molar-refractivity contribution < 1.29 is 9.53 Å². The molecule has 22 heavy (non-hydrogen) atoms. The molecule has 1 aliphatic heterocycles. The predicted octanol–water partition coefficient (Wildman–Crippen LogP) is 1.82. The van der Waals surface area contributed by atoms with Gasteiger partial charge in [0, 0.05) is 31.7 Å². The number of morpholine rings is 1. The second-order valence-electron chi connectivity index (χ2n) is 5.38. The molecule has 2 aromatic heterocycles. The van der Waals surface area contributed by atoms with Crippen molar-refractivity contribution in [2.45, 2.75) is 26.5 Å². The van der Waals surface area contributed by atoms with Gasteiger partial charge in [-0.25, -0.2) is 0 Å². The van der Waals surface area contributed by atoms with E-state index in [0.717, 1.165) is 17.8 Å². The maximum Gasteiger partial charge on any atom is 0.257 e. The average Bonchev–Trinajstić information content (AvgIpc) is 2.96. The van der Waals surface area contributed by atoms with Gasteiger partial charge in [0.25, 0.3) is 5.91 Å². The molecule has 0 radical (unpaired) electrons. The number of rotatable bonds is 3. The largest absolute Gasteiger partial charge is 0.370 e. The molecule has 0 aromatic carbocycles. The number of aryl methyl sites for hydroxylation is 2. The summed E-state index contributed by atoms with van der Waals surface area (Å²) in [6, 6.07) is 3.86. The number of carbonyl (C=O) groups is 1. The van der Waals surface area contributed by atoms with E-state index in [4.69, 9.17) is 4.74 Å². The van der Waals surface area contributed by atoms with Crippen molar-refractivity contribution in [3.63, 3.8) is 0 Å². The highest BCUT2D eigenvalue weighted by atomic mass is 16.5. The van der Waals surface area contributed by atoms with Crippen molar-refractivity contribution in [2.24, 2.45) is 0 Å². The van der Waals surface area contributed by atoms with Gasteiger partial charge in [-0.3, -0.25) is 14.5 Å². The molecule has 6 heteroatoms. The highest BCUT2D eigenvalue weighted by Crippen LogP contribution is 2.23. The van der Waals surface area contributed by atoms with Gasteiger partial charge < -0.3 is 9.64 Å². The second kappa shape index (κ2) is 6.27. The molecule has 1 amide bonds. The number of ether oxygens (including phenoxy) is 1. The zero-order valence-corrected chi connectivity index (χ0v) is 12.9. The lowest BCUT2D eigenvalue weighted by Crippen LogP contribution is -2.42. The number of pyridine rings is 1. The van der Waals surface area contributed by atoms with Crippen LogP contribution in [0.1, 0.15) is 34.6 Å². The van der Waals surface area contributed by atoms with Crippen LogP contribution in [0.3, 0.4) is 0 Å². The molecule has 1 atom stereocenters. The molecule has 3 rings (SSSR count). The predicted molar refractivity (Wildman–Crippen MR) is 81.5 cm³/mol. The van der Waals surface area contributed by atoms with Crippen molar-refractivity contribution in [3.05, 3.63) is 47.5 Å². The van der Waals surface area contributed by atoms with Gasteiger partial charge in [0.15, 0.2) is 0 Å². The lowest BCUT2D eigenvalue weighted by molar-refractivity contribution is -0.0228. The summed E-state index contributed by atoms with van der Waals surface area (Å²) in [4.78, 5) is 18.6. The molecule has 0 saturated carbocycles. The van der Waals surface area contributed by atoms with Crippen LogP contribution in [0.4, 0.5) is 0 Å². The monoisotopic (exact) mass is 300 g/mol. The van der Waals surface area contributed by atoms with Gasteiger partial charge in [-0.05, 0) is 31.5 Å². The van der Waals surface area contributed by atoms with E-state index in [1.54, 1.807) is 17.1 Å². The van der Waals surface area contributed by atoms with Gasteiger partial charge in [0.2, 0.25) is 0 Å². The minimum atomic E-state index is -0.0952. The zero-order chi connectivity index (χ0) is 15.5. The van der Waals surface area contributed by atoms with Crippen LogP contribution in [-0.4, -0.2) is 45.3 Å². The Hall–Kier alpha value is -2.21. The highest BCUT2D eigenvalue weighted by Gasteiger charge is 2.27. The summed E-state index contributed by atoms with van der Waals surface area (Å²) in [5.74, 6) is 0.0274. The molecule has 0 spiro atoms. The number of carbonyl (C=O) groups excluding carboxylic acids is 1. The molecule has 1 saturated heterocycles. The minimum absolute atomic E-state index is 0.0274. The molecule has 0 N–H and O–H groups in total. The van der Waals surface area contributed by atoms with Gasteiger partial charge >= 0.3 is 0 Å². The van der Waals surface area contributed by atoms with Crippen LogP contribution < -0.4 is 0 Å². The Bertz CT molecular complexity index is 653. The maximum absolute atomic E-state index is 12.7. The van der Waals surface area contributed by atoms with Crippen molar-refractivity contribution in [3.8, 4) is 0 Å². The van der Waals surface area contributed by atoms with E-state index >= 15 is 0 Å². The van der Waals surface area contributed by atoms with Gasteiger partial charge in [-0.1, -0.05) is 0 Å². The van der Waals surface area contributed by atoms with E-state index < -0.39 is 0 Å². The summed E-state index contributed by atoms with van der Waals surface area (Å²) in [5, 5.41) is 4.35. The Kier molecular flexibility index (Phi) is 4.20. The molecule has 0 unspecified atom stereocenters. The molecule has 1 fully saturated rings. The van der Waals surface area contributed by atoms with Crippen LogP contribution in [0.15, 0.2) is 30.7 Å². The highest BCUT2D eigenvalue weighted by molar-refractivity contribution is 5.95. The Morgan fingerprint density at radius 1 is 1.41 bits per heavy atom. The third-order valence-corrected chi connectivity index (χ3v) is 3.93. The molecule has 6 nitrogen and oxygen atoms in total. The first-order chi connectivity index (χ1) is 10.7. The van der Waals surface area contributed by atoms with Gasteiger partial charge in [0.05, 0.1) is 24.4 Å². The standard InChI is InChI=1S/C16H20N4O2/c1-3-20-10-14(12(2)18-20)16(21)19-8-9-22-15(11-19)13-4-6-17-7-5-13/h4-7,10,15H,3,8-9,11H2,1-2H3/t15-/m1/s1. The van der Waals surface area contributed by atoms with E-state index in [9.17, 15) is 4.79 Å². The number of hydrogen-bond acceptors (Lipinski definition) is 4. The van der Waals surface area contributed by atoms with Crippen molar-refractivity contribution in [2.75, 3.05) is 19.7 Å². The SMILES string of the molecule is CCn1cc(C(=O)N2CCO[C@@H](c3ccncc3)C2)c(C)n1. The summed E-state index contributed by atoms with van der Waals surface area (Å²) in [6.45, 7) is 6.35. The summed E-state index contributed by atoms with van der Waals surface area (Å²) in [6.07, 6.45) is 5.22. The van der Waals surface area contributed by atoms with Crippen molar-refractivity contribution in [1.29, 1.82) is 0 Å². The third kappa shape index (κ3) is 2.87. The first kappa shape index (κ1) is 14.7. The summed E-state index contributed by atoms with van der Waals surface area (Å²) >= 11 is 0. The number of amides is 1. The summed E-state index contributed by atoms with van der Waals surface area (Å²) in [7, 11) is 0. The van der Waals surface area contributed by atoms with Crippen molar-refractivity contribution >= 4 is 5.91 Å². The van der Waals surface area contributed by atoms with E-state index in [1.807, 2.05) is 37.1 Å². The molecular weight excluding hydrogens is 280 g/mol. The second-order valence-corrected chi connectivity index (χ2v) is 5.38. The molecule has 2 aromatic rings. The lowest BCUT2D eigenvalue weighted by atomic mass is 10.1. The van der Waals surface area contributed by atoms with Gasteiger partial charge in [-0.15, -0.1) is 0 Å². The van der Waals surface area contributed by atoms with Gasteiger partial charge in [-0.2, -0.15) is 5.10 Å². The minimum Gasteiger partial charge on any atom is -0.370 e. The number of hydrogen-bond donors (Lipinski definition) is 0. The molecule has 0 bridgehead atoms. The Balaban J connectivity index is 1.76. The Morgan fingerprint density at radius 3 is 2.86 bits per heavy atom. The van der Waals surface area contributed by atoms with E-state index in [-0.39, 0.29) is 12.0 Å². The van der Waals surface area contributed by atoms with Crippen molar-refractivity contribution in [1.82, 2.24) is 19.7 Å².